The molecular weight excluding hydrogens is 470 g/mol. The number of ketones is 1. The van der Waals surface area contributed by atoms with E-state index in [0.717, 1.165) is 22.7 Å². The summed E-state index contributed by atoms with van der Waals surface area (Å²) in [5.74, 6) is -0.563. The zero-order valence-corrected chi connectivity index (χ0v) is 20.0. The molecule has 0 saturated carbocycles. The minimum atomic E-state index is -2.72. The van der Waals surface area contributed by atoms with Crippen molar-refractivity contribution < 1.29 is 18.0 Å². The standard InChI is InChI=1S/C20H23N5O4S3/c1-3-17-23-16(10-30-17)15(8-13-4-6-14(7-5-13)25-32(28)29)24-20-18(22-11-31-20)19(27)21-9-12(2)26/h4-7,10-11,15,24,32H,3,8-9H2,1-2H3,(H,21,27)(H,25,28,29)/t15-/m0/s1. The van der Waals surface area contributed by atoms with Gasteiger partial charge in [-0.2, -0.15) is 0 Å². The predicted molar refractivity (Wildman–Crippen MR) is 127 cm³/mol. The minimum absolute atomic E-state index is 0.0551. The lowest BCUT2D eigenvalue weighted by atomic mass is 10.0. The third kappa shape index (κ3) is 6.58. The van der Waals surface area contributed by atoms with Gasteiger partial charge >= 0.3 is 0 Å². The van der Waals surface area contributed by atoms with Crippen LogP contribution in [0, 0.1) is 0 Å². The van der Waals surface area contributed by atoms with Gasteiger partial charge in [-0.3, -0.25) is 14.3 Å². The van der Waals surface area contributed by atoms with Gasteiger partial charge in [-0.15, -0.1) is 22.7 Å². The number of carbonyl (C=O) groups is 2. The lowest BCUT2D eigenvalue weighted by Crippen LogP contribution is -2.29. The first-order chi connectivity index (χ1) is 15.4. The van der Waals surface area contributed by atoms with Crippen LogP contribution in [0.25, 0.3) is 0 Å². The molecule has 0 fully saturated rings. The molecule has 0 unspecified atom stereocenters. The Bertz CT molecular complexity index is 1150. The predicted octanol–water partition coefficient (Wildman–Crippen LogP) is 2.82. The van der Waals surface area contributed by atoms with Crippen molar-refractivity contribution in [3.8, 4) is 0 Å². The lowest BCUT2D eigenvalue weighted by Gasteiger charge is -2.18. The quantitative estimate of drug-likeness (QED) is 0.302. The number of carbonyl (C=O) groups excluding carboxylic acids is 2. The Hall–Kier alpha value is -2.83. The number of hydrogen-bond donors (Lipinski definition) is 4. The van der Waals surface area contributed by atoms with Crippen molar-refractivity contribution in [2.24, 2.45) is 0 Å². The number of hydrogen-bond acceptors (Lipinski definition) is 9. The Labute approximate surface area is 195 Å². The highest BCUT2D eigenvalue weighted by atomic mass is 32.2. The van der Waals surface area contributed by atoms with Crippen molar-refractivity contribution in [3.05, 3.63) is 57.1 Å². The van der Waals surface area contributed by atoms with Crippen LogP contribution in [0.2, 0.25) is 0 Å². The molecule has 9 nitrogen and oxygen atoms in total. The summed E-state index contributed by atoms with van der Waals surface area (Å²) in [5.41, 5.74) is 4.10. The van der Waals surface area contributed by atoms with Crippen LogP contribution in [0.4, 0.5) is 10.7 Å². The van der Waals surface area contributed by atoms with Gasteiger partial charge in [-0.25, -0.2) is 18.4 Å². The van der Waals surface area contributed by atoms with Crippen LogP contribution < -0.4 is 15.4 Å². The number of nitrogens with one attached hydrogen (secondary N) is 3. The van der Waals surface area contributed by atoms with Crippen LogP contribution in [0.3, 0.4) is 0 Å². The Kier molecular flexibility index (Phi) is 8.31. The molecule has 170 valence electrons. The monoisotopic (exact) mass is 493 g/mol. The molecule has 0 aliphatic carbocycles. The van der Waals surface area contributed by atoms with Crippen molar-refractivity contribution in [2.75, 3.05) is 16.6 Å². The molecule has 32 heavy (non-hydrogen) atoms. The van der Waals surface area contributed by atoms with Gasteiger partial charge in [-0.05, 0) is 37.5 Å². The van der Waals surface area contributed by atoms with E-state index in [1.165, 1.54) is 18.3 Å². The number of Topliss-reactive ketones (excluding diaryl/α,β-unsaturated/α-hetero) is 1. The Morgan fingerprint density at radius 3 is 2.53 bits per heavy atom. The number of aryl methyl sites for hydroxylation is 1. The molecule has 1 atom stereocenters. The fourth-order valence-corrected chi connectivity index (χ4v) is 4.78. The largest absolute Gasteiger partial charge is 0.366 e. The van der Waals surface area contributed by atoms with Gasteiger partial charge in [0.2, 0.25) is 10.9 Å². The summed E-state index contributed by atoms with van der Waals surface area (Å²) >= 11 is 2.87. The third-order valence-electron chi connectivity index (χ3n) is 4.43. The summed E-state index contributed by atoms with van der Waals surface area (Å²) in [6.45, 7) is 3.39. The van der Waals surface area contributed by atoms with Crippen LogP contribution in [-0.2, 0) is 28.5 Å². The number of amides is 1. The van der Waals surface area contributed by atoms with E-state index in [0.29, 0.717) is 17.1 Å². The average molecular weight is 494 g/mol. The highest BCUT2D eigenvalue weighted by Crippen LogP contribution is 2.29. The molecule has 0 saturated heterocycles. The number of aromatic nitrogens is 2. The Morgan fingerprint density at radius 2 is 1.91 bits per heavy atom. The molecule has 0 radical (unpaired) electrons. The maximum absolute atomic E-state index is 12.5. The fourth-order valence-electron chi connectivity index (χ4n) is 2.89. The smallest absolute Gasteiger partial charge is 0.273 e. The van der Waals surface area contributed by atoms with E-state index in [2.05, 4.69) is 20.3 Å². The van der Waals surface area contributed by atoms with E-state index in [9.17, 15) is 18.0 Å². The number of thiol groups is 1. The van der Waals surface area contributed by atoms with Gasteiger partial charge in [0, 0.05) is 11.1 Å². The van der Waals surface area contributed by atoms with E-state index in [4.69, 9.17) is 4.98 Å². The summed E-state index contributed by atoms with van der Waals surface area (Å²) in [6, 6.07) is 6.85. The van der Waals surface area contributed by atoms with Crippen LogP contribution in [0.5, 0.6) is 0 Å². The normalized spacial score (nSPS) is 11.8. The third-order valence-corrected chi connectivity index (χ3v) is 6.64. The first-order valence-electron chi connectivity index (χ1n) is 9.77. The topological polar surface area (TPSA) is 130 Å². The van der Waals surface area contributed by atoms with Gasteiger partial charge in [0.15, 0.2) is 5.69 Å². The molecule has 2 heterocycles. The van der Waals surface area contributed by atoms with Crippen LogP contribution >= 0.6 is 22.7 Å². The molecule has 1 amide bonds. The lowest BCUT2D eigenvalue weighted by molar-refractivity contribution is -0.116. The van der Waals surface area contributed by atoms with Gasteiger partial charge in [-0.1, -0.05) is 19.1 Å². The van der Waals surface area contributed by atoms with E-state index in [1.54, 1.807) is 29.0 Å². The van der Waals surface area contributed by atoms with Crippen LogP contribution in [0.15, 0.2) is 35.2 Å². The molecular formula is C20H23N5O4S3. The number of thiazole rings is 2. The molecule has 0 aliphatic rings. The fraction of sp³-hybridized carbons (Fsp3) is 0.300. The first-order valence-corrected chi connectivity index (χ1v) is 12.7. The molecule has 3 N–H and O–H groups in total. The van der Waals surface area contributed by atoms with Crippen molar-refractivity contribution in [1.82, 2.24) is 15.3 Å². The summed E-state index contributed by atoms with van der Waals surface area (Å²) in [5, 5.41) is 9.54. The van der Waals surface area contributed by atoms with Gasteiger partial charge in [0.25, 0.3) is 5.91 Å². The second-order valence-electron chi connectivity index (χ2n) is 6.90. The van der Waals surface area contributed by atoms with Crippen molar-refractivity contribution >= 4 is 55.9 Å². The molecule has 3 rings (SSSR count). The highest BCUT2D eigenvalue weighted by molar-refractivity contribution is 7.73. The SMILES string of the molecule is CCc1nc([C@H](Cc2ccc(N[SH](=O)=O)cc2)Nc2scnc2C(=O)NCC(C)=O)cs1. The first kappa shape index (κ1) is 23.8. The summed E-state index contributed by atoms with van der Waals surface area (Å²) in [4.78, 5) is 32.5. The molecule has 12 heteroatoms. The molecule has 0 aliphatic heterocycles. The highest BCUT2D eigenvalue weighted by Gasteiger charge is 2.21. The van der Waals surface area contributed by atoms with E-state index >= 15 is 0 Å². The molecule has 0 bridgehead atoms. The molecule has 3 aromatic rings. The maximum atomic E-state index is 12.5. The number of nitrogens with zero attached hydrogens (tertiary/aromatic N) is 2. The Morgan fingerprint density at radius 1 is 1.16 bits per heavy atom. The number of anilines is 2. The zero-order valence-electron chi connectivity index (χ0n) is 17.5. The number of benzene rings is 1. The van der Waals surface area contributed by atoms with E-state index < -0.39 is 16.8 Å². The maximum Gasteiger partial charge on any atom is 0.273 e. The zero-order chi connectivity index (χ0) is 23.1. The molecule has 2 aromatic heterocycles. The average Bonchev–Trinajstić information content (AvgIpc) is 3.42. The van der Waals surface area contributed by atoms with Crippen molar-refractivity contribution in [2.45, 2.75) is 32.7 Å². The van der Waals surface area contributed by atoms with Crippen LogP contribution in [-0.4, -0.2) is 36.6 Å². The summed E-state index contributed by atoms with van der Waals surface area (Å²) < 4.78 is 24.1. The van der Waals surface area contributed by atoms with Gasteiger partial charge in [0.05, 0.1) is 28.8 Å². The van der Waals surface area contributed by atoms with E-state index in [-0.39, 0.29) is 24.1 Å². The second-order valence-corrected chi connectivity index (χ2v) is 9.44. The molecule has 1 aromatic carbocycles. The second kappa shape index (κ2) is 11.2. The van der Waals surface area contributed by atoms with Crippen molar-refractivity contribution in [1.29, 1.82) is 0 Å². The van der Waals surface area contributed by atoms with Crippen molar-refractivity contribution in [3.63, 3.8) is 0 Å². The van der Waals surface area contributed by atoms with Gasteiger partial charge in [0.1, 0.15) is 10.8 Å². The van der Waals surface area contributed by atoms with Gasteiger partial charge < -0.3 is 10.6 Å². The molecule has 0 spiro atoms. The summed E-state index contributed by atoms with van der Waals surface area (Å²) in [7, 11) is -2.72. The van der Waals surface area contributed by atoms with Crippen LogP contribution in [0.1, 0.15) is 46.6 Å². The van der Waals surface area contributed by atoms with E-state index in [1.807, 2.05) is 24.4 Å². The summed E-state index contributed by atoms with van der Waals surface area (Å²) in [6.07, 6.45) is 1.38. The minimum Gasteiger partial charge on any atom is -0.366 e. The number of rotatable bonds is 11. The Balaban J connectivity index is 1.82.